The summed E-state index contributed by atoms with van der Waals surface area (Å²) in [6.45, 7) is 2.57. The first-order valence-electron chi connectivity index (χ1n) is 7.76. The molecule has 0 radical (unpaired) electrons. The molecule has 0 spiro atoms. The molecule has 1 aliphatic heterocycles. The predicted molar refractivity (Wildman–Crippen MR) is 90.6 cm³/mol. The SMILES string of the molecule is Cc1cnc2n(c1=O)C[C@@H](C(=O)NCCc1ccc(F)cc1)CS2. The van der Waals surface area contributed by atoms with Gasteiger partial charge in [-0.3, -0.25) is 14.2 Å². The van der Waals surface area contributed by atoms with Crippen LogP contribution in [0.1, 0.15) is 11.1 Å². The van der Waals surface area contributed by atoms with Gasteiger partial charge in [-0.2, -0.15) is 0 Å². The van der Waals surface area contributed by atoms with E-state index >= 15 is 0 Å². The van der Waals surface area contributed by atoms with Crippen LogP contribution in [0.15, 0.2) is 40.4 Å². The molecule has 1 aromatic heterocycles. The number of rotatable bonds is 4. The highest BCUT2D eigenvalue weighted by Gasteiger charge is 2.26. The number of hydrogen-bond acceptors (Lipinski definition) is 4. The Hall–Kier alpha value is -2.15. The van der Waals surface area contributed by atoms with E-state index < -0.39 is 0 Å². The monoisotopic (exact) mass is 347 g/mol. The van der Waals surface area contributed by atoms with Crippen LogP contribution >= 0.6 is 11.8 Å². The highest BCUT2D eigenvalue weighted by molar-refractivity contribution is 7.99. The highest BCUT2D eigenvalue weighted by Crippen LogP contribution is 2.24. The topological polar surface area (TPSA) is 64.0 Å². The Morgan fingerprint density at radius 3 is 2.92 bits per heavy atom. The van der Waals surface area contributed by atoms with Gasteiger partial charge in [-0.1, -0.05) is 23.9 Å². The van der Waals surface area contributed by atoms with E-state index in [-0.39, 0.29) is 23.2 Å². The molecule has 24 heavy (non-hydrogen) atoms. The first kappa shape index (κ1) is 16.7. The van der Waals surface area contributed by atoms with Crippen LogP contribution < -0.4 is 10.9 Å². The summed E-state index contributed by atoms with van der Waals surface area (Å²) in [6.07, 6.45) is 2.22. The predicted octanol–water partition coefficient (Wildman–Crippen LogP) is 1.77. The maximum atomic E-state index is 12.9. The van der Waals surface area contributed by atoms with Crippen molar-refractivity contribution in [1.82, 2.24) is 14.9 Å². The van der Waals surface area contributed by atoms with Gasteiger partial charge in [0, 0.05) is 30.6 Å². The first-order chi connectivity index (χ1) is 11.5. The maximum absolute atomic E-state index is 12.9. The molecule has 0 bridgehead atoms. The van der Waals surface area contributed by atoms with Crippen LogP contribution in [0.2, 0.25) is 0 Å². The Morgan fingerprint density at radius 2 is 2.17 bits per heavy atom. The molecule has 126 valence electrons. The lowest BCUT2D eigenvalue weighted by Gasteiger charge is -2.24. The van der Waals surface area contributed by atoms with Gasteiger partial charge in [0.2, 0.25) is 5.91 Å². The van der Waals surface area contributed by atoms with E-state index in [4.69, 9.17) is 0 Å². The van der Waals surface area contributed by atoms with Gasteiger partial charge in [0.25, 0.3) is 5.56 Å². The zero-order valence-corrected chi connectivity index (χ0v) is 14.1. The molecule has 1 aromatic carbocycles. The summed E-state index contributed by atoms with van der Waals surface area (Å²) in [7, 11) is 0. The normalized spacial score (nSPS) is 16.5. The average Bonchev–Trinajstić information content (AvgIpc) is 2.59. The van der Waals surface area contributed by atoms with Crippen LogP contribution in [0.4, 0.5) is 4.39 Å². The fourth-order valence-electron chi connectivity index (χ4n) is 2.59. The van der Waals surface area contributed by atoms with E-state index in [0.29, 0.717) is 36.0 Å². The van der Waals surface area contributed by atoms with Gasteiger partial charge < -0.3 is 5.32 Å². The summed E-state index contributed by atoms with van der Waals surface area (Å²) in [6, 6.07) is 6.24. The number of nitrogens with zero attached hydrogens (tertiary/aromatic N) is 2. The number of benzene rings is 1. The minimum Gasteiger partial charge on any atom is -0.355 e. The molecule has 1 N–H and O–H groups in total. The van der Waals surface area contributed by atoms with Crippen molar-refractivity contribution in [2.24, 2.45) is 5.92 Å². The van der Waals surface area contributed by atoms with E-state index in [1.54, 1.807) is 29.8 Å². The van der Waals surface area contributed by atoms with Crippen molar-refractivity contribution < 1.29 is 9.18 Å². The van der Waals surface area contributed by atoms with E-state index in [9.17, 15) is 14.0 Å². The Morgan fingerprint density at radius 1 is 1.42 bits per heavy atom. The molecule has 0 fully saturated rings. The zero-order valence-electron chi connectivity index (χ0n) is 13.3. The number of fused-ring (bicyclic) bond motifs is 1. The summed E-state index contributed by atoms with van der Waals surface area (Å²) >= 11 is 1.43. The molecule has 3 rings (SSSR count). The molecule has 0 aliphatic carbocycles. The van der Waals surface area contributed by atoms with Crippen molar-refractivity contribution in [2.75, 3.05) is 12.3 Å². The number of aryl methyl sites for hydroxylation is 1. The summed E-state index contributed by atoms with van der Waals surface area (Å²) in [4.78, 5) is 28.7. The third kappa shape index (κ3) is 3.67. The number of halogens is 1. The van der Waals surface area contributed by atoms with Gasteiger partial charge in [-0.05, 0) is 31.0 Å². The molecule has 0 saturated carbocycles. The minimum absolute atomic E-state index is 0.0660. The molecule has 1 atom stereocenters. The molecule has 0 saturated heterocycles. The average molecular weight is 347 g/mol. The number of carbonyl (C=O) groups is 1. The summed E-state index contributed by atoms with van der Waals surface area (Å²) in [5.41, 5.74) is 1.46. The van der Waals surface area contributed by atoms with Crippen LogP contribution in [0.25, 0.3) is 0 Å². The van der Waals surface area contributed by atoms with Crippen molar-refractivity contribution in [3.05, 3.63) is 57.8 Å². The second-order valence-electron chi connectivity index (χ2n) is 5.81. The van der Waals surface area contributed by atoms with Crippen LogP contribution in [-0.2, 0) is 17.8 Å². The van der Waals surface area contributed by atoms with Gasteiger partial charge in [0.15, 0.2) is 5.16 Å². The Kier molecular flexibility index (Phi) is 4.99. The molecule has 1 aliphatic rings. The summed E-state index contributed by atoms with van der Waals surface area (Å²) < 4.78 is 14.4. The quantitative estimate of drug-likeness (QED) is 0.856. The van der Waals surface area contributed by atoms with Crippen molar-refractivity contribution in [3.63, 3.8) is 0 Å². The lowest BCUT2D eigenvalue weighted by molar-refractivity contribution is -0.124. The van der Waals surface area contributed by atoms with Crippen LogP contribution in [0.3, 0.4) is 0 Å². The van der Waals surface area contributed by atoms with E-state index in [1.807, 2.05) is 0 Å². The van der Waals surface area contributed by atoms with Gasteiger partial charge >= 0.3 is 0 Å². The number of nitrogens with one attached hydrogen (secondary N) is 1. The third-order valence-corrected chi connectivity index (χ3v) is 5.15. The number of amides is 1. The molecule has 7 heteroatoms. The van der Waals surface area contributed by atoms with E-state index in [1.165, 1.54) is 23.9 Å². The Labute approximate surface area is 143 Å². The standard InChI is InChI=1S/C17H18FN3O2S/c1-11-8-20-17-21(16(11)23)9-13(10-24-17)15(22)19-7-6-12-2-4-14(18)5-3-12/h2-5,8,13H,6-7,9-10H2,1H3,(H,19,22)/t13-/m1/s1. The fraction of sp³-hybridized carbons (Fsp3) is 0.353. The fourth-order valence-corrected chi connectivity index (χ4v) is 3.63. The Bertz CT molecular complexity index is 804. The zero-order chi connectivity index (χ0) is 17.1. The second kappa shape index (κ2) is 7.17. The van der Waals surface area contributed by atoms with Gasteiger partial charge in [-0.25, -0.2) is 9.37 Å². The number of thioether (sulfide) groups is 1. The van der Waals surface area contributed by atoms with Crippen LogP contribution in [-0.4, -0.2) is 27.8 Å². The van der Waals surface area contributed by atoms with Crippen molar-refractivity contribution >= 4 is 17.7 Å². The largest absolute Gasteiger partial charge is 0.355 e. The number of hydrogen-bond donors (Lipinski definition) is 1. The molecule has 0 unspecified atom stereocenters. The molecular weight excluding hydrogens is 329 g/mol. The molecule has 2 aromatic rings. The minimum atomic E-state index is -0.268. The molecular formula is C17H18FN3O2S. The van der Waals surface area contributed by atoms with E-state index in [2.05, 4.69) is 10.3 Å². The lowest BCUT2D eigenvalue weighted by Crippen LogP contribution is -2.40. The van der Waals surface area contributed by atoms with Gasteiger partial charge in [0.05, 0.1) is 5.92 Å². The Balaban J connectivity index is 1.57. The first-order valence-corrected chi connectivity index (χ1v) is 8.74. The maximum Gasteiger partial charge on any atom is 0.257 e. The number of aromatic nitrogens is 2. The summed E-state index contributed by atoms with van der Waals surface area (Å²) in [5, 5.41) is 3.57. The van der Waals surface area contributed by atoms with Gasteiger partial charge in [0.1, 0.15) is 5.82 Å². The van der Waals surface area contributed by atoms with Crippen LogP contribution in [0, 0.1) is 18.7 Å². The third-order valence-electron chi connectivity index (χ3n) is 4.00. The smallest absolute Gasteiger partial charge is 0.257 e. The van der Waals surface area contributed by atoms with Crippen molar-refractivity contribution in [1.29, 1.82) is 0 Å². The summed E-state index contributed by atoms with van der Waals surface area (Å²) in [5.74, 6) is 0.0217. The van der Waals surface area contributed by atoms with Gasteiger partial charge in [-0.15, -0.1) is 0 Å². The highest BCUT2D eigenvalue weighted by atomic mass is 32.2. The van der Waals surface area contributed by atoms with Crippen molar-refractivity contribution in [3.8, 4) is 0 Å². The molecule has 1 amide bonds. The van der Waals surface area contributed by atoms with E-state index in [0.717, 1.165) is 5.56 Å². The lowest BCUT2D eigenvalue weighted by atomic mass is 10.1. The van der Waals surface area contributed by atoms with Crippen LogP contribution in [0.5, 0.6) is 0 Å². The molecule has 2 heterocycles. The second-order valence-corrected chi connectivity index (χ2v) is 6.80. The van der Waals surface area contributed by atoms with Crippen molar-refractivity contribution in [2.45, 2.75) is 25.0 Å². The molecule has 5 nitrogen and oxygen atoms in total. The number of carbonyl (C=O) groups excluding carboxylic acids is 1.